The summed E-state index contributed by atoms with van der Waals surface area (Å²) in [5.41, 5.74) is 19.8. The van der Waals surface area contributed by atoms with E-state index in [1.807, 2.05) is 0 Å². The lowest BCUT2D eigenvalue weighted by Gasteiger charge is -2.46. The van der Waals surface area contributed by atoms with Crippen LogP contribution in [0, 0.1) is 0 Å². The van der Waals surface area contributed by atoms with E-state index in [-0.39, 0.29) is 35.1 Å². The summed E-state index contributed by atoms with van der Waals surface area (Å²) in [4.78, 5) is 18.9. The van der Waals surface area contributed by atoms with Gasteiger partial charge in [0.2, 0.25) is 0 Å². The quantitative estimate of drug-likeness (QED) is 0.165. The van der Waals surface area contributed by atoms with Crippen LogP contribution in [-0.2, 0) is 21.7 Å². The van der Waals surface area contributed by atoms with Gasteiger partial charge in [0.1, 0.15) is 23.1 Å². The van der Waals surface area contributed by atoms with Gasteiger partial charge in [0.05, 0.1) is 11.4 Å². The van der Waals surface area contributed by atoms with Gasteiger partial charge in [0, 0.05) is 62.2 Å². The summed E-state index contributed by atoms with van der Waals surface area (Å²) in [5.74, 6) is 3.64. The van der Waals surface area contributed by atoms with Crippen LogP contribution in [0.3, 0.4) is 0 Å². The zero-order chi connectivity index (χ0) is 48.2. The average molecular weight is 912 g/mol. The van der Waals surface area contributed by atoms with Gasteiger partial charge >= 0.3 is 0 Å². The first kappa shape index (κ1) is 43.0. The van der Waals surface area contributed by atoms with E-state index >= 15 is 0 Å². The third kappa shape index (κ3) is 6.27. The SMILES string of the molecule is CC(C)(C)c1cc2c3c(n1)N(c1ccccc1)c1cc4c(cc1B3c1ccccc1O2)B1c2ccccc2N(c2ccc3c(c2)C(C)(C)CCC3(C)C)c2cc(C(C)(C)C)nc(c21)N4c1ccccc1. The molecule has 0 bridgehead atoms. The number of aromatic nitrogens is 2. The summed E-state index contributed by atoms with van der Waals surface area (Å²) in [6, 6.07) is 56.4. The Morgan fingerprint density at radius 2 is 0.957 bits per heavy atom. The highest BCUT2D eigenvalue weighted by Gasteiger charge is 2.49. The summed E-state index contributed by atoms with van der Waals surface area (Å²) >= 11 is 0. The lowest BCUT2D eigenvalue weighted by molar-refractivity contribution is 0.332. The molecule has 5 aliphatic rings. The molecule has 0 saturated heterocycles. The molecule has 0 unspecified atom stereocenters. The monoisotopic (exact) mass is 911 g/mol. The maximum atomic E-state index is 6.97. The number of ether oxygens (including phenoxy) is 1. The second-order valence-corrected chi connectivity index (χ2v) is 23.7. The highest BCUT2D eigenvalue weighted by molar-refractivity contribution is 7.02. The number of para-hydroxylation sites is 4. The number of nitrogens with zero attached hydrogens (tertiary/aromatic N) is 5. The topological polar surface area (TPSA) is 44.7 Å². The molecule has 4 aliphatic heterocycles. The maximum Gasteiger partial charge on any atom is 0.258 e. The largest absolute Gasteiger partial charge is 0.458 e. The molecule has 1 aliphatic carbocycles. The first-order chi connectivity index (χ1) is 33.5. The van der Waals surface area contributed by atoms with Crippen LogP contribution in [0.25, 0.3) is 0 Å². The molecule has 70 heavy (non-hydrogen) atoms. The number of anilines is 9. The fourth-order valence-electron chi connectivity index (χ4n) is 12.3. The number of hydrogen-bond acceptors (Lipinski definition) is 6. The van der Waals surface area contributed by atoms with Crippen molar-refractivity contribution in [3.05, 3.63) is 174 Å². The van der Waals surface area contributed by atoms with E-state index in [0.29, 0.717) is 0 Å². The fraction of sp³-hybridized carbons (Fsp3) is 0.258. The van der Waals surface area contributed by atoms with Gasteiger partial charge in [0.15, 0.2) is 0 Å². The van der Waals surface area contributed by atoms with Crippen molar-refractivity contribution in [1.82, 2.24) is 9.97 Å². The van der Waals surface area contributed by atoms with Gasteiger partial charge < -0.3 is 9.64 Å². The molecule has 0 N–H and O–H groups in total. The van der Waals surface area contributed by atoms with E-state index in [4.69, 9.17) is 14.7 Å². The summed E-state index contributed by atoms with van der Waals surface area (Å²) in [6.45, 7) is 23.1. The maximum absolute atomic E-state index is 6.97. The van der Waals surface area contributed by atoms with Crippen LogP contribution in [0.15, 0.2) is 152 Å². The lowest BCUT2D eigenvalue weighted by Crippen LogP contribution is -2.65. The van der Waals surface area contributed by atoms with E-state index in [1.54, 1.807) is 0 Å². The van der Waals surface area contributed by atoms with Crippen LogP contribution >= 0.6 is 0 Å². The van der Waals surface area contributed by atoms with E-state index in [9.17, 15) is 0 Å². The number of pyridine rings is 2. The predicted molar refractivity (Wildman–Crippen MR) is 295 cm³/mol. The van der Waals surface area contributed by atoms with Gasteiger partial charge in [-0.15, -0.1) is 0 Å². The second-order valence-electron chi connectivity index (χ2n) is 23.7. The summed E-state index contributed by atoms with van der Waals surface area (Å²) in [5, 5.41) is 0. The highest BCUT2D eigenvalue weighted by Crippen LogP contribution is 2.51. The first-order valence-electron chi connectivity index (χ1n) is 25.3. The molecule has 8 heteroatoms. The minimum absolute atomic E-state index is 0.0494. The Morgan fingerprint density at radius 3 is 1.59 bits per heavy atom. The van der Waals surface area contributed by atoms with E-state index in [2.05, 4.69) is 236 Å². The summed E-state index contributed by atoms with van der Waals surface area (Å²) in [6.07, 6.45) is 2.33. The van der Waals surface area contributed by atoms with Crippen molar-refractivity contribution >= 4 is 97.6 Å². The molecule has 0 saturated carbocycles. The summed E-state index contributed by atoms with van der Waals surface area (Å²) < 4.78 is 6.97. The van der Waals surface area contributed by atoms with Crippen LogP contribution in [0.2, 0.25) is 0 Å². The van der Waals surface area contributed by atoms with E-state index in [0.717, 1.165) is 74.6 Å². The van der Waals surface area contributed by atoms with Crippen molar-refractivity contribution in [3.8, 4) is 11.5 Å². The van der Waals surface area contributed by atoms with E-state index < -0.39 is 0 Å². The average Bonchev–Trinajstić information content (AvgIpc) is 3.34. The second kappa shape index (κ2) is 14.7. The van der Waals surface area contributed by atoms with Crippen molar-refractivity contribution < 1.29 is 4.74 Å². The van der Waals surface area contributed by atoms with Gasteiger partial charge in [-0.1, -0.05) is 154 Å². The molecule has 0 fully saturated rings. The zero-order valence-corrected chi connectivity index (χ0v) is 42.1. The Labute approximate surface area is 414 Å². The van der Waals surface area contributed by atoms with Gasteiger partial charge in [-0.2, -0.15) is 0 Å². The molecule has 6 heterocycles. The van der Waals surface area contributed by atoms with Crippen molar-refractivity contribution in [1.29, 1.82) is 0 Å². The van der Waals surface area contributed by atoms with Crippen molar-refractivity contribution in [2.24, 2.45) is 0 Å². The molecule has 6 nitrogen and oxygen atoms in total. The number of rotatable bonds is 3. The minimum atomic E-state index is -0.248. The van der Waals surface area contributed by atoms with Gasteiger partial charge in [-0.05, 0) is 123 Å². The molecule has 8 aromatic rings. The van der Waals surface area contributed by atoms with Crippen LogP contribution in [0.4, 0.5) is 51.4 Å². The number of benzene rings is 6. The Kier molecular flexibility index (Phi) is 9.06. The van der Waals surface area contributed by atoms with Crippen LogP contribution in [0.1, 0.15) is 105 Å². The molecule has 0 spiro atoms. The third-order valence-electron chi connectivity index (χ3n) is 16.1. The van der Waals surface area contributed by atoms with Crippen molar-refractivity contribution in [2.75, 3.05) is 14.7 Å². The molecule has 344 valence electrons. The molecule has 0 amide bonds. The van der Waals surface area contributed by atoms with E-state index in [1.165, 1.54) is 56.5 Å². The van der Waals surface area contributed by atoms with Gasteiger partial charge in [0.25, 0.3) is 13.4 Å². The zero-order valence-electron chi connectivity index (χ0n) is 42.1. The predicted octanol–water partition coefficient (Wildman–Crippen LogP) is 11.9. The minimum Gasteiger partial charge on any atom is -0.458 e. The number of fused-ring (bicyclic) bond motifs is 9. The van der Waals surface area contributed by atoms with Gasteiger partial charge in [-0.3, -0.25) is 9.80 Å². The Hall–Kier alpha value is -7.05. The molecule has 13 rings (SSSR count). The Morgan fingerprint density at radius 1 is 0.429 bits per heavy atom. The van der Waals surface area contributed by atoms with Crippen LogP contribution in [-0.4, -0.2) is 23.4 Å². The number of hydrogen-bond donors (Lipinski definition) is 0. The smallest absolute Gasteiger partial charge is 0.258 e. The molecule has 0 atom stereocenters. The standard InChI is InChI=1S/C62H59B2N5O/c1-59(2,3)53-36-50-55-57(65-53)68(38-21-13-11-14-22-38)48-35-49-46(34-45(48)63(55)43-25-17-19-27-47(43)67(50)40-29-30-41-42(33-40)62(9,10)32-31-61(41,7)8)64-44-26-18-20-28-51(44)70-52-37-54(60(4,5)6)66-58(56(52)64)69(49)39-23-15-12-16-24-39/h11-30,33-37H,31-32H2,1-10H3. The normalized spacial score (nSPS) is 16.5. The lowest BCUT2D eigenvalue weighted by atomic mass is 9.30. The van der Waals surface area contributed by atoms with Crippen LogP contribution in [0.5, 0.6) is 11.5 Å². The molecular weight excluding hydrogens is 852 g/mol. The van der Waals surface area contributed by atoms with Crippen molar-refractivity contribution in [3.63, 3.8) is 0 Å². The molecule has 2 aromatic heterocycles. The fourth-order valence-corrected chi connectivity index (χ4v) is 12.3. The Balaban J connectivity index is 1.14. The first-order valence-corrected chi connectivity index (χ1v) is 25.3. The highest BCUT2D eigenvalue weighted by atomic mass is 16.5. The van der Waals surface area contributed by atoms with Crippen molar-refractivity contribution in [2.45, 2.75) is 104 Å². The van der Waals surface area contributed by atoms with Crippen LogP contribution < -0.4 is 52.2 Å². The molecule has 0 radical (unpaired) electrons. The Bertz CT molecular complexity index is 3480. The summed E-state index contributed by atoms with van der Waals surface area (Å²) in [7, 11) is 0. The molecular formula is C62H59B2N5O. The molecule has 6 aromatic carbocycles. The third-order valence-corrected chi connectivity index (χ3v) is 16.1. The van der Waals surface area contributed by atoms with Gasteiger partial charge in [-0.25, -0.2) is 9.97 Å².